The van der Waals surface area contributed by atoms with Crippen molar-refractivity contribution in [2.24, 2.45) is 0 Å². The zero-order valence-electron chi connectivity index (χ0n) is 12.7. The monoisotopic (exact) mass is 278 g/mol. The number of rotatable bonds is 6. The van der Waals surface area contributed by atoms with Gasteiger partial charge >= 0.3 is 6.03 Å². The molecule has 1 aromatic rings. The maximum Gasteiger partial charge on any atom is 0.319 e. The van der Waals surface area contributed by atoms with Crippen LogP contribution < -0.4 is 10.6 Å². The number of aliphatic hydroxyl groups excluding tert-OH is 1. The van der Waals surface area contributed by atoms with Crippen molar-refractivity contribution in [2.75, 3.05) is 18.5 Å². The predicted molar refractivity (Wildman–Crippen MR) is 83.1 cm³/mol. The van der Waals surface area contributed by atoms with E-state index >= 15 is 0 Å². The van der Waals surface area contributed by atoms with Gasteiger partial charge in [-0.2, -0.15) is 0 Å². The molecule has 20 heavy (non-hydrogen) atoms. The number of hydrogen-bond donors (Lipinski definition) is 3. The third-order valence-corrected chi connectivity index (χ3v) is 3.13. The molecule has 0 aromatic heterocycles. The maximum absolute atomic E-state index is 11.7. The molecule has 0 heterocycles. The zero-order valence-corrected chi connectivity index (χ0v) is 12.7. The second-order valence-electron chi connectivity index (χ2n) is 5.99. The van der Waals surface area contributed by atoms with Crippen molar-refractivity contribution in [1.82, 2.24) is 5.32 Å². The molecule has 112 valence electrons. The van der Waals surface area contributed by atoms with E-state index in [1.54, 1.807) is 0 Å². The van der Waals surface area contributed by atoms with Crippen LogP contribution in [-0.2, 0) is 5.41 Å². The highest BCUT2D eigenvalue weighted by Crippen LogP contribution is 2.23. The van der Waals surface area contributed by atoms with Crippen LogP contribution in [0.4, 0.5) is 10.5 Å². The largest absolute Gasteiger partial charge is 0.396 e. The minimum atomic E-state index is -0.183. The van der Waals surface area contributed by atoms with Crippen LogP contribution >= 0.6 is 0 Å². The Bertz CT molecular complexity index is 407. The smallest absolute Gasteiger partial charge is 0.319 e. The van der Waals surface area contributed by atoms with E-state index in [4.69, 9.17) is 5.11 Å². The molecular formula is C16H26N2O2. The number of aliphatic hydroxyl groups is 1. The molecule has 4 heteroatoms. The van der Waals surface area contributed by atoms with Gasteiger partial charge in [-0.1, -0.05) is 32.9 Å². The summed E-state index contributed by atoms with van der Waals surface area (Å²) in [5.41, 5.74) is 2.16. The number of carbonyl (C=O) groups excluding carboxylic acids is 1. The minimum Gasteiger partial charge on any atom is -0.396 e. The van der Waals surface area contributed by atoms with E-state index in [-0.39, 0.29) is 18.1 Å². The molecule has 0 fully saturated rings. The molecule has 1 rings (SSSR count). The first-order chi connectivity index (χ1) is 9.43. The van der Waals surface area contributed by atoms with E-state index in [0.29, 0.717) is 6.54 Å². The van der Waals surface area contributed by atoms with Crippen LogP contribution in [0.3, 0.4) is 0 Å². The van der Waals surface area contributed by atoms with Crippen molar-refractivity contribution in [2.45, 2.75) is 45.4 Å². The quantitative estimate of drug-likeness (QED) is 0.699. The number of unbranched alkanes of at least 4 members (excludes halogenated alkanes) is 2. The van der Waals surface area contributed by atoms with E-state index in [1.807, 2.05) is 24.3 Å². The molecular weight excluding hydrogens is 252 g/mol. The summed E-state index contributed by atoms with van der Waals surface area (Å²) in [7, 11) is 0. The van der Waals surface area contributed by atoms with Crippen LogP contribution in [0.2, 0.25) is 0 Å². The highest BCUT2D eigenvalue weighted by molar-refractivity contribution is 5.89. The molecule has 0 radical (unpaired) electrons. The van der Waals surface area contributed by atoms with Crippen LogP contribution in [0.15, 0.2) is 24.3 Å². The fourth-order valence-electron chi connectivity index (χ4n) is 1.84. The Morgan fingerprint density at radius 2 is 1.75 bits per heavy atom. The van der Waals surface area contributed by atoms with Gasteiger partial charge in [0, 0.05) is 18.8 Å². The fraction of sp³-hybridized carbons (Fsp3) is 0.562. The molecule has 0 unspecified atom stereocenters. The van der Waals surface area contributed by atoms with E-state index in [2.05, 4.69) is 31.4 Å². The number of carbonyl (C=O) groups is 1. The Hall–Kier alpha value is -1.55. The number of urea groups is 1. The van der Waals surface area contributed by atoms with Crippen LogP contribution in [0.1, 0.15) is 45.6 Å². The van der Waals surface area contributed by atoms with Crippen LogP contribution in [0, 0.1) is 0 Å². The van der Waals surface area contributed by atoms with Crippen molar-refractivity contribution < 1.29 is 9.90 Å². The summed E-state index contributed by atoms with van der Waals surface area (Å²) in [6.45, 7) is 7.33. The lowest BCUT2D eigenvalue weighted by atomic mass is 9.87. The van der Waals surface area contributed by atoms with Crippen molar-refractivity contribution in [3.8, 4) is 0 Å². The molecule has 0 spiro atoms. The minimum absolute atomic E-state index is 0.119. The normalized spacial score (nSPS) is 11.2. The molecule has 1 aromatic carbocycles. The Morgan fingerprint density at radius 3 is 2.30 bits per heavy atom. The fourth-order valence-corrected chi connectivity index (χ4v) is 1.84. The van der Waals surface area contributed by atoms with E-state index in [1.165, 1.54) is 5.56 Å². The number of nitrogens with one attached hydrogen (secondary N) is 2. The Labute approximate surface area is 121 Å². The highest BCUT2D eigenvalue weighted by atomic mass is 16.2. The van der Waals surface area contributed by atoms with Crippen LogP contribution in [0.25, 0.3) is 0 Å². The maximum atomic E-state index is 11.7. The van der Waals surface area contributed by atoms with Crippen molar-refractivity contribution in [1.29, 1.82) is 0 Å². The summed E-state index contributed by atoms with van der Waals surface area (Å²) in [4.78, 5) is 11.7. The molecule has 0 aliphatic carbocycles. The summed E-state index contributed by atoms with van der Waals surface area (Å²) in [5.74, 6) is 0. The van der Waals surface area contributed by atoms with Gasteiger partial charge in [-0.3, -0.25) is 0 Å². The number of anilines is 1. The van der Waals surface area contributed by atoms with Gasteiger partial charge in [0.1, 0.15) is 0 Å². The summed E-state index contributed by atoms with van der Waals surface area (Å²) in [6.07, 6.45) is 2.60. The third kappa shape index (κ3) is 6.06. The number of amides is 2. The lowest BCUT2D eigenvalue weighted by Gasteiger charge is -2.19. The zero-order chi connectivity index (χ0) is 15.0. The summed E-state index contributed by atoms with van der Waals surface area (Å²) >= 11 is 0. The number of benzene rings is 1. The van der Waals surface area contributed by atoms with E-state index in [9.17, 15) is 4.79 Å². The van der Waals surface area contributed by atoms with Gasteiger partial charge in [0.2, 0.25) is 0 Å². The first kappa shape index (κ1) is 16.5. The Balaban J connectivity index is 2.35. The first-order valence-electron chi connectivity index (χ1n) is 7.20. The Morgan fingerprint density at radius 1 is 1.10 bits per heavy atom. The van der Waals surface area contributed by atoms with Gasteiger partial charge in [0.05, 0.1) is 0 Å². The molecule has 3 N–H and O–H groups in total. The van der Waals surface area contributed by atoms with Gasteiger partial charge in [-0.15, -0.1) is 0 Å². The second-order valence-corrected chi connectivity index (χ2v) is 5.99. The van der Waals surface area contributed by atoms with Crippen molar-refractivity contribution >= 4 is 11.7 Å². The molecule has 0 aliphatic rings. The summed E-state index contributed by atoms with van der Waals surface area (Å²) < 4.78 is 0. The molecule has 2 amide bonds. The SMILES string of the molecule is CC(C)(C)c1ccc(NC(=O)NCCCCCO)cc1. The van der Waals surface area contributed by atoms with Gasteiger partial charge in [-0.05, 0) is 42.4 Å². The van der Waals surface area contributed by atoms with E-state index < -0.39 is 0 Å². The average Bonchev–Trinajstić information content (AvgIpc) is 2.38. The summed E-state index contributed by atoms with van der Waals surface area (Å²) in [6, 6.07) is 7.74. The molecule has 0 saturated carbocycles. The lowest BCUT2D eigenvalue weighted by Crippen LogP contribution is -2.29. The molecule has 0 bridgehead atoms. The Kier molecular flexibility index (Phi) is 6.52. The number of hydrogen-bond acceptors (Lipinski definition) is 2. The van der Waals surface area contributed by atoms with Crippen LogP contribution in [0.5, 0.6) is 0 Å². The van der Waals surface area contributed by atoms with Gasteiger partial charge < -0.3 is 15.7 Å². The summed E-state index contributed by atoms with van der Waals surface area (Å²) in [5, 5.41) is 14.3. The standard InChI is InChI=1S/C16H26N2O2/c1-16(2,3)13-7-9-14(10-8-13)18-15(20)17-11-5-4-6-12-19/h7-10,19H,4-6,11-12H2,1-3H3,(H2,17,18,20). The molecule has 0 aliphatic heterocycles. The molecule has 0 saturated heterocycles. The second kappa shape index (κ2) is 7.90. The van der Waals surface area contributed by atoms with Crippen LogP contribution in [-0.4, -0.2) is 24.3 Å². The molecule has 4 nitrogen and oxygen atoms in total. The lowest BCUT2D eigenvalue weighted by molar-refractivity contribution is 0.251. The highest BCUT2D eigenvalue weighted by Gasteiger charge is 2.13. The molecule has 0 atom stereocenters. The first-order valence-corrected chi connectivity index (χ1v) is 7.20. The van der Waals surface area contributed by atoms with Gasteiger partial charge in [0.15, 0.2) is 0 Å². The van der Waals surface area contributed by atoms with E-state index in [0.717, 1.165) is 24.9 Å². The predicted octanol–water partition coefficient (Wildman–Crippen LogP) is 3.27. The van der Waals surface area contributed by atoms with Gasteiger partial charge in [0.25, 0.3) is 0 Å². The third-order valence-electron chi connectivity index (χ3n) is 3.13. The average molecular weight is 278 g/mol. The van der Waals surface area contributed by atoms with Gasteiger partial charge in [-0.25, -0.2) is 4.79 Å². The van der Waals surface area contributed by atoms with Crippen molar-refractivity contribution in [3.05, 3.63) is 29.8 Å². The topological polar surface area (TPSA) is 61.4 Å². The van der Waals surface area contributed by atoms with Crippen molar-refractivity contribution in [3.63, 3.8) is 0 Å².